The van der Waals surface area contributed by atoms with Crippen molar-refractivity contribution in [1.82, 2.24) is 14.8 Å². The van der Waals surface area contributed by atoms with E-state index in [9.17, 15) is 0 Å². The van der Waals surface area contributed by atoms with Crippen LogP contribution in [-0.2, 0) is 19.4 Å². The summed E-state index contributed by atoms with van der Waals surface area (Å²) in [4.78, 5) is 4.62. The molecule has 1 aliphatic heterocycles. The fourth-order valence-corrected chi connectivity index (χ4v) is 2.30. The van der Waals surface area contributed by atoms with Crippen molar-refractivity contribution in [3.05, 3.63) is 47.0 Å². The van der Waals surface area contributed by atoms with Crippen molar-refractivity contribution in [3.8, 4) is 0 Å². The summed E-state index contributed by atoms with van der Waals surface area (Å²) in [5.41, 5.74) is 2.59. The highest BCUT2D eigenvalue weighted by molar-refractivity contribution is 5.23. The number of aryl methyl sites for hydroxylation is 3. The van der Waals surface area contributed by atoms with Gasteiger partial charge >= 0.3 is 0 Å². The zero-order valence-corrected chi connectivity index (χ0v) is 10.2. The third-order valence-corrected chi connectivity index (χ3v) is 3.30. The Labute approximate surface area is 101 Å². The largest absolute Gasteiger partial charge is 0.250 e. The lowest BCUT2D eigenvalue weighted by atomic mass is 10.1. The van der Waals surface area contributed by atoms with Gasteiger partial charge in [-0.1, -0.05) is 29.8 Å². The summed E-state index contributed by atoms with van der Waals surface area (Å²) in [7, 11) is 0. The summed E-state index contributed by atoms with van der Waals surface area (Å²) >= 11 is 0. The molecule has 0 spiro atoms. The Morgan fingerprint density at radius 1 is 1.18 bits per heavy atom. The van der Waals surface area contributed by atoms with Crippen LogP contribution in [0.1, 0.15) is 35.6 Å². The molecule has 88 valence electrons. The average molecular weight is 227 g/mol. The number of rotatable bonds is 2. The maximum atomic E-state index is 4.62. The van der Waals surface area contributed by atoms with Gasteiger partial charge in [-0.15, -0.1) is 0 Å². The lowest BCUT2D eigenvalue weighted by Crippen LogP contribution is -2.11. The van der Waals surface area contributed by atoms with Gasteiger partial charge in [0.05, 0.1) is 0 Å². The molecule has 3 heteroatoms. The van der Waals surface area contributed by atoms with Gasteiger partial charge in [0.2, 0.25) is 0 Å². The molecule has 3 rings (SSSR count). The quantitative estimate of drug-likeness (QED) is 0.789. The number of nitrogens with zero attached hydrogens (tertiary/aromatic N) is 3. The predicted octanol–water partition coefficient (Wildman–Crippen LogP) is 2.51. The summed E-state index contributed by atoms with van der Waals surface area (Å²) in [5, 5.41) is 4.57. The molecule has 0 saturated carbocycles. The summed E-state index contributed by atoms with van der Waals surface area (Å²) in [6.45, 7) is 3.15. The van der Waals surface area contributed by atoms with Crippen molar-refractivity contribution in [2.45, 2.75) is 39.2 Å². The maximum Gasteiger partial charge on any atom is 0.155 e. The monoisotopic (exact) mass is 227 g/mol. The topological polar surface area (TPSA) is 30.7 Å². The van der Waals surface area contributed by atoms with Gasteiger partial charge in [0, 0.05) is 19.4 Å². The average Bonchev–Trinajstić information content (AvgIpc) is 2.74. The van der Waals surface area contributed by atoms with Gasteiger partial charge in [-0.2, -0.15) is 5.10 Å². The van der Waals surface area contributed by atoms with Crippen LogP contribution < -0.4 is 0 Å². The molecule has 2 aromatic rings. The van der Waals surface area contributed by atoms with Gasteiger partial charge in [0.15, 0.2) is 5.82 Å². The molecular weight excluding hydrogens is 210 g/mol. The highest BCUT2D eigenvalue weighted by atomic mass is 15.3. The number of aromatic nitrogens is 3. The summed E-state index contributed by atoms with van der Waals surface area (Å²) < 4.78 is 2.08. The van der Waals surface area contributed by atoms with Crippen LogP contribution in [0.2, 0.25) is 0 Å². The second-order valence-corrected chi connectivity index (χ2v) is 4.79. The SMILES string of the molecule is Cc1ccc(Cc2nc3n(n2)CCCC3)cc1. The molecule has 0 aliphatic carbocycles. The smallest absolute Gasteiger partial charge is 0.155 e. The molecule has 0 atom stereocenters. The van der Waals surface area contributed by atoms with Crippen molar-refractivity contribution in [2.24, 2.45) is 0 Å². The Morgan fingerprint density at radius 3 is 2.76 bits per heavy atom. The van der Waals surface area contributed by atoms with Crippen molar-refractivity contribution < 1.29 is 0 Å². The first-order valence-corrected chi connectivity index (χ1v) is 6.29. The number of fused-ring (bicyclic) bond motifs is 1. The van der Waals surface area contributed by atoms with Gasteiger partial charge in [0.1, 0.15) is 5.82 Å². The highest BCUT2D eigenvalue weighted by Crippen LogP contribution is 2.14. The van der Waals surface area contributed by atoms with Crippen LogP contribution in [0.15, 0.2) is 24.3 Å². The molecule has 0 unspecified atom stereocenters. The predicted molar refractivity (Wildman–Crippen MR) is 66.9 cm³/mol. The van der Waals surface area contributed by atoms with E-state index in [1.165, 1.54) is 29.8 Å². The molecule has 1 aromatic heterocycles. The second kappa shape index (κ2) is 4.32. The molecule has 3 nitrogen and oxygen atoms in total. The molecule has 0 bridgehead atoms. The van der Waals surface area contributed by atoms with Gasteiger partial charge in [-0.25, -0.2) is 9.67 Å². The van der Waals surface area contributed by atoms with E-state index >= 15 is 0 Å². The Kier molecular flexibility index (Phi) is 2.67. The zero-order valence-electron chi connectivity index (χ0n) is 10.2. The van der Waals surface area contributed by atoms with Gasteiger partial charge < -0.3 is 0 Å². The van der Waals surface area contributed by atoms with Crippen molar-refractivity contribution in [2.75, 3.05) is 0 Å². The Morgan fingerprint density at radius 2 is 2.00 bits per heavy atom. The number of benzene rings is 1. The van der Waals surface area contributed by atoms with Crippen LogP contribution in [0.25, 0.3) is 0 Å². The molecule has 0 radical (unpaired) electrons. The van der Waals surface area contributed by atoms with Crippen molar-refractivity contribution in [1.29, 1.82) is 0 Å². The number of hydrogen-bond acceptors (Lipinski definition) is 2. The van der Waals surface area contributed by atoms with E-state index < -0.39 is 0 Å². The summed E-state index contributed by atoms with van der Waals surface area (Å²) in [6.07, 6.45) is 4.42. The van der Waals surface area contributed by atoms with Crippen LogP contribution >= 0.6 is 0 Å². The van der Waals surface area contributed by atoms with Crippen LogP contribution in [0, 0.1) is 6.92 Å². The van der Waals surface area contributed by atoms with Crippen molar-refractivity contribution >= 4 is 0 Å². The van der Waals surface area contributed by atoms with E-state index in [-0.39, 0.29) is 0 Å². The molecule has 0 N–H and O–H groups in total. The summed E-state index contributed by atoms with van der Waals surface area (Å²) in [6, 6.07) is 8.61. The minimum absolute atomic E-state index is 0.847. The molecule has 0 saturated heterocycles. The third kappa shape index (κ3) is 2.23. The fraction of sp³-hybridized carbons (Fsp3) is 0.429. The lowest BCUT2D eigenvalue weighted by molar-refractivity contribution is 0.478. The van der Waals surface area contributed by atoms with Crippen LogP contribution in [0.4, 0.5) is 0 Å². The Hall–Kier alpha value is -1.64. The zero-order chi connectivity index (χ0) is 11.7. The molecule has 0 amide bonds. The standard InChI is InChI=1S/C14H17N3/c1-11-5-7-12(8-6-11)10-13-15-14-4-2-3-9-17(14)16-13/h5-8H,2-4,9-10H2,1H3. The fourth-order valence-electron chi connectivity index (χ4n) is 2.30. The normalized spacial score (nSPS) is 14.6. The van der Waals surface area contributed by atoms with Gasteiger partial charge in [-0.05, 0) is 25.3 Å². The molecule has 0 fully saturated rings. The van der Waals surface area contributed by atoms with Gasteiger partial charge in [-0.3, -0.25) is 0 Å². The van der Waals surface area contributed by atoms with Crippen LogP contribution in [0.5, 0.6) is 0 Å². The first-order chi connectivity index (χ1) is 8.31. The lowest BCUT2D eigenvalue weighted by Gasteiger charge is -2.09. The first kappa shape index (κ1) is 10.5. The minimum atomic E-state index is 0.847. The summed E-state index contributed by atoms with van der Waals surface area (Å²) in [5.74, 6) is 2.13. The van der Waals surface area contributed by atoms with Crippen LogP contribution in [-0.4, -0.2) is 14.8 Å². The van der Waals surface area contributed by atoms with E-state index in [4.69, 9.17) is 0 Å². The molecule has 1 aliphatic rings. The second-order valence-electron chi connectivity index (χ2n) is 4.79. The Balaban J connectivity index is 1.80. The Bertz CT molecular complexity index is 487. The van der Waals surface area contributed by atoms with E-state index in [2.05, 4.69) is 46.0 Å². The highest BCUT2D eigenvalue weighted by Gasteiger charge is 2.13. The molecule has 1 aromatic carbocycles. The van der Waals surface area contributed by atoms with E-state index in [0.29, 0.717) is 0 Å². The van der Waals surface area contributed by atoms with Crippen LogP contribution in [0.3, 0.4) is 0 Å². The van der Waals surface area contributed by atoms with Gasteiger partial charge in [0.25, 0.3) is 0 Å². The number of hydrogen-bond donors (Lipinski definition) is 0. The van der Waals surface area contributed by atoms with E-state index in [1.807, 2.05) is 0 Å². The minimum Gasteiger partial charge on any atom is -0.250 e. The molecular formula is C14H17N3. The maximum absolute atomic E-state index is 4.62. The van der Waals surface area contributed by atoms with E-state index in [0.717, 1.165) is 25.2 Å². The molecule has 2 heterocycles. The molecule has 17 heavy (non-hydrogen) atoms. The van der Waals surface area contributed by atoms with Crippen molar-refractivity contribution in [3.63, 3.8) is 0 Å². The van der Waals surface area contributed by atoms with E-state index in [1.54, 1.807) is 0 Å². The first-order valence-electron chi connectivity index (χ1n) is 6.29. The third-order valence-electron chi connectivity index (χ3n) is 3.30.